The molecule has 1 heterocycles. The number of nitrogens with zero attached hydrogens (tertiary/aromatic N) is 1. The average Bonchev–Trinajstić information content (AvgIpc) is 2.35. The molecule has 1 aromatic carbocycles. The average molecular weight is 270 g/mol. The SMILES string of the molecule is Cc1ccc(C(NN)C2CN(C)CCO2)cc1Cl. The summed E-state index contributed by atoms with van der Waals surface area (Å²) >= 11 is 6.16. The van der Waals surface area contributed by atoms with Crippen molar-refractivity contribution in [2.75, 3.05) is 26.7 Å². The van der Waals surface area contributed by atoms with Crippen LogP contribution in [0.4, 0.5) is 0 Å². The van der Waals surface area contributed by atoms with Gasteiger partial charge in [0.05, 0.1) is 18.8 Å². The molecule has 3 N–H and O–H groups in total. The molecule has 0 spiro atoms. The normalized spacial score (nSPS) is 23.0. The minimum atomic E-state index is -0.0363. The fraction of sp³-hybridized carbons (Fsp3) is 0.538. The number of hydrazine groups is 1. The summed E-state index contributed by atoms with van der Waals surface area (Å²) < 4.78 is 5.80. The number of benzene rings is 1. The number of likely N-dealkylation sites (N-methyl/N-ethyl adjacent to an activating group) is 1. The first-order valence-corrected chi connectivity index (χ1v) is 6.52. The Hall–Kier alpha value is -0.650. The minimum Gasteiger partial charge on any atom is -0.374 e. The molecule has 0 amide bonds. The Morgan fingerprint density at radius 3 is 2.94 bits per heavy atom. The summed E-state index contributed by atoms with van der Waals surface area (Å²) in [6, 6.07) is 5.98. The molecule has 18 heavy (non-hydrogen) atoms. The maximum Gasteiger partial charge on any atom is 0.0909 e. The van der Waals surface area contributed by atoms with Gasteiger partial charge in [-0.1, -0.05) is 23.7 Å². The van der Waals surface area contributed by atoms with Crippen molar-refractivity contribution >= 4 is 11.6 Å². The number of hydrogen-bond donors (Lipinski definition) is 2. The van der Waals surface area contributed by atoms with Crippen LogP contribution in [-0.2, 0) is 4.74 Å². The Bertz CT molecular complexity index is 413. The molecule has 0 aromatic heterocycles. The Morgan fingerprint density at radius 1 is 1.56 bits per heavy atom. The van der Waals surface area contributed by atoms with Crippen LogP contribution in [0.1, 0.15) is 17.2 Å². The quantitative estimate of drug-likeness (QED) is 0.645. The predicted octanol–water partition coefficient (Wildman–Crippen LogP) is 1.48. The van der Waals surface area contributed by atoms with Crippen LogP contribution in [0.15, 0.2) is 18.2 Å². The lowest BCUT2D eigenvalue weighted by Crippen LogP contribution is -2.48. The Labute approximate surface area is 113 Å². The third-order valence-electron chi connectivity index (χ3n) is 3.40. The van der Waals surface area contributed by atoms with Gasteiger partial charge in [-0.3, -0.25) is 11.3 Å². The van der Waals surface area contributed by atoms with Crippen LogP contribution in [0.25, 0.3) is 0 Å². The van der Waals surface area contributed by atoms with E-state index < -0.39 is 0 Å². The topological polar surface area (TPSA) is 50.5 Å². The van der Waals surface area contributed by atoms with Crippen molar-refractivity contribution in [1.82, 2.24) is 10.3 Å². The number of morpholine rings is 1. The molecule has 1 saturated heterocycles. The highest BCUT2D eigenvalue weighted by molar-refractivity contribution is 6.31. The molecule has 0 saturated carbocycles. The lowest BCUT2D eigenvalue weighted by Gasteiger charge is -2.35. The zero-order valence-corrected chi connectivity index (χ0v) is 11.6. The highest BCUT2D eigenvalue weighted by atomic mass is 35.5. The number of rotatable bonds is 3. The van der Waals surface area contributed by atoms with Gasteiger partial charge >= 0.3 is 0 Å². The molecule has 1 aliphatic rings. The van der Waals surface area contributed by atoms with E-state index in [4.69, 9.17) is 22.2 Å². The Morgan fingerprint density at radius 2 is 2.33 bits per heavy atom. The number of nitrogens with two attached hydrogens (primary N) is 1. The largest absolute Gasteiger partial charge is 0.374 e. The fourth-order valence-electron chi connectivity index (χ4n) is 2.23. The van der Waals surface area contributed by atoms with Gasteiger partial charge in [0.2, 0.25) is 0 Å². The van der Waals surface area contributed by atoms with Crippen molar-refractivity contribution in [1.29, 1.82) is 0 Å². The first-order valence-electron chi connectivity index (χ1n) is 6.14. The third kappa shape index (κ3) is 3.02. The summed E-state index contributed by atoms with van der Waals surface area (Å²) in [6.07, 6.45) is 0.0486. The first-order chi connectivity index (χ1) is 8.61. The molecular weight excluding hydrogens is 250 g/mol. The van der Waals surface area contributed by atoms with E-state index in [0.29, 0.717) is 0 Å². The summed E-state index contributed by atoms with van der Waals surface area (Å²) in [7, 11) is 2.09. The van der Waals surface area contributed by atoms with E-state index in [1.165, 1.54) is 0 Å². The molecule has 0 aliphatic carbocycles. The molecule has 2 atom stereocenters. The van der Waals surface area contributed by atoms with Crippen molar-refractivity contribution in [2.45, 2.75) is 19.1 Å². The van der Waals surface area contributed by atoms with Crippen molar-refractivity contribution in [3.05, 3.63) is 34.3 Å². The van der Waals surface area contributed by atoms with E-state index in [-0.39, 0.29) is 12.1 Å². The van der Waals surface area contributed by atoms with Gasteiger partial charge in [0.15, 0.2) is 0 Å². The van der Waals surface area contributed by atoms with Gasteiger partial charge in [-0.15, -0.1) is 0 Å². The minimum absolute atomic E-state index is 0.0363. The van der Waals surface area contributed by atoms with Gasteiger partial charge < -0.3 is 9.64 Å². The van der Waals surface area contributed by atoms with E-state index >= 15 is 0 Å². The smallest absolute Gasteiger partial charge is 0.0909 e. The van der Waals surface area contributed by atoms with Crippen molar-refractivity contribution in [3.63, 3.8) is 0 Å². The van der Waals surface area contributed by atoms with Crippen molar-refractivity contribution in [2.24, 2.45) is 5.84 Å². The summed E-state index contributed by atoms with van der Waals surface area (Å²) in [5, 5.41) is 0.761. The number of ether oxygens (including phenoxy) is 1. The van der Waals surface area contributed by atoms with Crippen LogP contribution in [0, 0.1) is 6.92 Å². The van der Waals surface area contributed by atoms with Crippen LogP contribution in [0.3, 0.4) is 0 Å². The maximum atomic E-state index is 6.16. The van der Waals surface area contributed by atoms with Crippen LogP contribution in [0.2, 0.25) is 5.02 Å². The summed E-state index contributed by atoms with van der Waals surface area (Å²) in [4.78, 5) is 2.24. The van der Waals surface area contributed by atoms with E-state index in [1.54, 1.807) is 0 Å². The van der Waals surface area contributed by atoms with Gasteiger partial charge in [0.25, 0.3) is 0 Å². The zero-order valence-electron chi connectivity index (χ0n) is 10.8. The van der Waals surface area contributed by atoms with E-state index in [9.17, 15) is 0 Å². The summed E-state index contributed by atoms with van der Waals surface area (Å²) in [5.74, 6) is 5.68. The monoisotopic (exact) mass is 269 g/mol. The van der Waals surface area contributed by atoms with E-state index in [2.05, 4.69) is 17.4 Å². The number of aryl methyl sites for hydroxylation is 1. The van der Waals surface area contributed by atoms with E-state index in [1.807, 2.05) is 25.1 Å². The molecular formula is C13H20ClN3O. The molecule has 5 heteroatoms. The molecule has 4 nitrogen and oxygen atoms in total. The molecule has 0 bridgehead atoms. The summed E-state index contributed by atoms with van der Waals surface area (Å²) in [5.41, 5.74) is 4.98. The second-order valence-corrected chi connectivity index (χ2v) is 5.23. The van der Waals surface area contributed by atoms with E-state index in [0.717, 1.165) is 35.8 Å². The lowest BCUT2D eigenvalue weighted by atomic mass is 9.99. The van der Waals surface area contributed by atoms with Crippen molar-refractivity contribution < 1.29 is 4.74 Å². The third-order valence-corrected chi connectivity index (χ3v) is 3.81. The highest BCUT2D eigenvalue weighted by Gasteiger charge is 2.27. The lowest BCUT2D eigenvalue weighted by molar-refractivity contribution is -0.0393. The van der Waals surface area contributed by atoms with Gasteiger partial charge in [-0.05, 0) is 31.2 Å². The van der Waals surface area contributed by atoms with Gasteiger partial charge in [0, 0.05) is 18.1 Å². The molecule has 1 fully saturated rings. The standard InChI is InChI=1S/C13H20ClN3O/c1-9-3-4-10(7-11(9)14)13(16-15)12-8-17(2)5-6-18-12/h3-4,7,12-13,16H,5-6,8,15H2,1-2H3. The number of halogens is 1. The predicted molar refractivity (Wildman–Crippen MR) is 73.5 cm³/mol. The Kier molecular flexibility index (Phi) is 4.59. The number of hydrogen-bond acceptors (Lipinski definition) is 4. The van der Waals surface area contributed by atoms with Crippen LogP contribution >= 0.6 is 11.6 Å². The number of nitrogens with one attached hydrogen (secondary N) is 1. The molecule has 0 radical (unpaired) electrons. The first kappa shape index (κ1) is 13.8. The van der Waals surface area contributed by atoms with Crippen LogP contribution in [0.5, 0.6) is 0 Å². The van der Waals surface area contributed by atoms with Gasteiger partial charge in [-0.2, -0.15) is 0 Å². The van der Waals surface area contributed by atoms with Crippen LogP contribution in [-0.4, -0.2) is 37.7 Å². The second kappa shape index (κ2) is 5.99. The fourth-order valence-corrected chi connectivity index (χ4v) is 2.42. The van der Waals surface area contributed by atoms with Gasteiger partial charge in [-0.25, -0.2) is 0 Å². The van der Waals surface area contributed by atoms with Crippen molar-refractivity contribution in [3.8, 4) is 0 Å². The molecule has 2 unspecified atom stereocenters. The maximum absolute atomic E-state index is 6.16. The summed E-state index contributed by atoms with van der Waals surface area (Å²) in [6.45, 7) is 4.55. The molecule has 1 aromatic rings. The van der Waals surface area contributed by atoms with Gasteiger partial charge in [0.1, 0.15) is 0 Å². The van der Waals surface area contributed by atoms with Crippen LogP contribution < -0.4 is 11.3 Å². The zero-order chi connectivity index (χ0) is 13.1. The highest BCUT2D eigenvalue weighted by Crippen LogP contribution is 2.25. The molecule has 1 aliphatic heterocycles. The molecule has 100 valence electrons. The molecule has 2 rings (SSSR count). The second-order valence-electron chi connectivity index (χ2n) is 4.82. The Balaban J connectivity index is 2.18.